The summed E-state index contributed by atoms with van der Waals surface area (Å²) >= 11 is 0. The van der Waals surface area contributed by atoms with Gasteiger partial charge in [-0.05, 0) is 31.2 Å². The number of quaternary nitrogens is 1. The SMILES string of the molecule is COc1ccc(NCC(=O)N/N=C(/C)[C@H](c2ccccc2)[NH+]2CCOCC2)cc1. The van der Waals surface area contributed by atoms with Crippen molar-refractivity contribution in [2.45, 2.75) is 13.0 Å². The van der Waals surface area contributed by atoms with Crippen molar-refractivity contribution in [2.75, 3.05) is 45.3 Å². The molecule has 3 N–H and O–H groups in total. The van der Waals surface area contributed by atoms with Gasteiger partial charge in [0, 0.05) is 11.3 Å². The number of anilines is 1. The monoisotopic (exact) mass is 397 g/mol. The van der Waals surface area contributed by atoms with Crippen LogP contribution in [-0.4, -0.2) is 51.6 Å². The van der Waals surface area contributed by atoms with E-state index in [1.54, 1.807) is 7.11 Å². The van der Waals surface area contributed by atoms with Crippen molar-refractivity contribution in [1.29, 1.82) is 0 Å². The Morgan fingerprint density at radius 3 is 2.48 bits per heavy atom. The number of nitrogens with zero attached hydrogens (tertiary/aromatic N) is 1. The lowest BCUT2D eigenvalue weighted by Gasteiger charge is -2.31. The van der Waals surface area contributed by atoms with E-state index in [-0.39, 0.29) is 18.5 Å². The normalized spacial score (nSPS) is 16.1. The molecule has 1 amide bonds. The summed E-state index contributed by atoms with van der Waals surface area (Å²) in [5, 5.41) is 7.50. The molecule has 154 valence electrons. The van der Waals surface area contributed by atoms with Gasteiger partial charge >= 0.3 is 0 Å². The number of nitrogens with one attached hydrogen (secondary N) is 3. The topological polar surface area (TPSA) is 76.4 Å². The van der Waals surface area contributed by atoms with Crippen molar-refractivity contribution < 1.29 is 19.2 Å². The van der Waals surface area contributed by atoms with Crippen LogP contribution in [0.4, 0.5) is 5.69 Å². The first-order valence-electron chi connectivity index (χ1n) is 9.85. The summed E-state index contributed by atoms with van der Waals surface area (Å²) in [6.45, 7) is 5.42. The number of carbonyl (C=O) groups excluding carboxylic acids is 1. The number of hydrogen-bond donors (Lipinski definition) is 3. The Labute approximate surface area is 171 Å². The summed E-state index contributed by atoms with van der Waals surface area (Å²) in [5.41, 5.74) is 5.60. The Morgan fingerprint density at radius 2 is 1.83 bits per heavy atom. The molecule has 1 saturated heterocycles. The minimum atomic E-state index is -0.191. The Hall–Kier alpha value is -2.90. The second-order valence-corrected chi connectivity index (χ2v) is 6.98. The third-order valence-electron chi connectivity index (χ3n) is 4.99. The van der Waals surface area contributed by atoms with E-state index in [2.05, 4.69) is 28.0 Å². The van der Waals surface area contributed by atoms with Crippen molar-refractivity contribution in [3.8, 4) is 5.75 Å². The van der Waals surface area contributed by atoms with Crippen molar-refractivity contribution in [3.63, 3.8) is 0 Å². The first kappa shape index (κ1) is 20.8. The maximum atomic E-state index is 12.2. The number of amides is 1. The van der Waals surface area contributed by atoms with Crippen molar-refractivity contribution in [1.82, 2.24) is 5.43 Å². The molecule has 7 nitrogen and oxygen atoms in total. The molecule has 2 aromatic rings. The van der Waals surface area contributed by atoms with Gasteiger partial charge in [0.1, 0.15) is 18.8 Å². The molecular weight excluding hydrogens is 368 g/mol. The Kier molecular flexibility index (Phi) is 7.61. The van der Waals surface area contributed by atoms with Crippen LogP contribution in [0.15, 0.2) is 59.7 Å². The highest BCUT2D eigenvalue weighted by molar-refractivity contribution is 5.89. The van der Waals surface area contributed by atoms with Crippen molar-refractivity contribution in [2.24, 2.45) is 5.10 Å². The molecule has 1 atom stereocenters. The van der Waals surface area contributed by atoms with Gasteiger partial charge in [-0.1, -0.05) is 30.3 Å². The number of hydrogen-bond acceptors (Lipinski definition) is 5. The molecule has 0 unspecified atom stereocenters. The second-order valence-electron chi connectivity index (χ2n) is 6.98. The molecular formula is C22H29N4O3+. The largest absolute Gasteiger partial charge is 0.497 e. The fraction of sp³-hybridized carbons (Fsp3) is 0.364. The third kappa shape index (κ3) is 6.04. The molecule has 0 saturated carbocycles. The zero-order valence-corrected chi connectivity index (χ0v) is 17.0. The third-order valence-corrected chi connectivity index (χ3v) is 4.99. The minimum absolute atomic E-state index is 0.0925. The van der Waals surface area contributed by atoms with Gasteiger partial charge in [-0.15, -0.1) is 0 Å². The van der Waals surface area contributed by atoms with E-state index in [1.807, 2.05) is 49.4 Å². The highest BCUT2D eigenvalue weighted by Crippen LogP contribution is 2.14. The predicted molar refractivity (Wildman–Crippen MR) is 113 cm³/mol. The van der Waals surface area contributed by atoms with Crippen LogP contribution in [0, 0.1) is 0 Å². The molecule has 0 bridgehead atoms. The molecule has 29 heavy (non-hydrogen) atoms. The molecule has 1 aliphatic rings. The highest BCUT2D eigenvalue weighted by atomic mass is 16.5. The van der Waals surface area contributed by atoms with Gasteiger partial charge in [0.05, 0.1) is 32.6 Å². The van der Waals surface area contributed by atoms with E-state index in [0.717, 1.165) is 43.5 Å². The fourth-order valence-corrected chi connectivity index (χ4v) is 3.49. The molecule has 7 heteroatoms. The highest BCUT2D eigenvalue weighted by Gasteiger charge is 2.29. The number of morpholine rings is 1. The summed E-state index contributed by atoms with van der Waals surface area (Å²) in [7, 11) is 1.62. The van der Waals surface area contributed by atoms with Crippen LogP contribution in [0.2, 0.25) is 0 Å². The van der Waals surface area contributed by atoms with Crippen LogP contribution < -0.4 is 20.4 Å². The molecule has 0 aliphatic carbocycles. The lowest BCUT2D eigenvalue weighted by atomic mass is 10.0. The zero-order valence-electron chi connectivity index (χ0n) is 17.0. The van der Waals surface area contributed by atoms with Crippen LogP contribution in [0.25, 0.3) is 0 Å². The molecule has 0 spiro atoms. The summed E-state index contributed by atoms with van der Waals surface area (Å²) in [4.78, 5) is 13.6. The number of carbonyl (C=O) groups is 1. The number of methoxy groups -OCH3 is 1. The summed E-state index contributed by atoms with van der Waals surface area (Å²) in [6, 6.07) is 17.8. The Balaban J connectivity index is 1.60. The van der Waals surface area contributed by atoms with E-state index >= 15 is 0 Å². The fourth-order valence-electron chi connectivity index (χ4n) is 3.49. The minimum Gasteiger partial charge on any atom is -0.497 e. The molecule has 3 rings (SSSR count). The number of ether oxygens (including phenoxy) is 2. The number of benzene rings is 2. The zero-order chi connectivity index (χ0) is 20.5. The van der Waals surface area contributed by atoms with E-state index < -0.39 is 0 Å². The van der Waals surface area contributed by atoms with Crippen LogP contribution >= 0.6 is 0 Å². The van der Waals surface area contributed by atoms with Gasteiger partial charge < -0.3 is 19.7 Å². The molecule has 1 heterocycles. The van der Waals surface area contributed by atoms with Gasteiger partial charge in [-0.25, -0.2) is 5.43 Å². The predicted octanol–water partition coefficient (Wildman–Crippen LogP) is 1.26. The average molecular weight is 397 g/mol. The smallest absolute Gasteiger partial charge is 0.259 e. The molecule has 0 radical (unpaired) electrons. The molecule has 1 fully saturated rings. The maximum Gasteiger partial charge on any atom is 0.259 e. The quantitative estimate of drug-likeness (QED) is 0.463. The van der Waals surface area contributed by atoms with Gasteiger partial charge in [-0.2, -0.15) is 5.10 Å². The summed E-state index contributed by atoms with van der Waals surface area (Å²) in [5.74, 6) is 0.585. The Bertz CT molecular complexity index is 803. The van der Waals surface area contributed by atoms with E-state index in [4.69, 9.17) is 9.47 Å². The maximum absolute atomic E-state index is 12.2. The lowest BCUT2D eigenvalue weighted by molar-refractivity contribution is -0.928. The standard InChI is InChI=1S/C22H28N4O3/c1-17(22(18-6-4-3-5-7-18)26-12-14-29-15-13-26)24-25-21(27)16-23-19-8-10-20(28-2)11-9-19/h3-11,22-23H,12-16H2,1-2H3,(H,25,27)/p+1/b24-17-/t22-/m1/s1. The van der Waals surface area contributed by atoms with E-state index in [0.29, 0.717) is 0 Å². The van der Waals surface area contributed by atoms with Gasteiger partial charge in [-0.3, -0.25) is 4.79 Å². The van der Waals surface area contributed by atoms with Gasteiger partial charge in [0.15, 0.2) is 6.04 Å². The first-order valence-corrected chi connectivity index (χ1v) is 9.85. The lowest BCUT2D eigenvalue weighted by Crippen LogP contribution is -3.15. The van der Waals surface area contributed by atoms with Gasteiger partial charge in [0.25, 0.3) is 5.91 Å². The molecule has 0 aromatic heterocycles. The van der Waals surface area contributed by atoms with Crippen molar-refractivity contribution in [3.05, 3.63) is 60.2 Å². The van der Waals surface area contributed by atoms with E-state index in [1.165, 1.54) is 10.5 Å². The van der Waals surface area contributed by atoms with Crippen LogP contribution in [-0.2, 0) is 9.53 Å². The first-order chi connectivity index (χ1) is 14.2. The van der Waals surface area contributed by atoms with Crippen molar-refractivity contribution >= 4 is 17.3 Å². The summed E-state index contributed by atoms with van der Waals surface area (Å²) in [6.07, 6.45) is 0. The molecule has 2 aromatic carbocycles. The van der Waals surface area contributed by atoms with Crippen LogP contribution in [0.5, 0.6) is 5.75 Å². The number of rotatable bonds is 8. The van der Waals surface area contributed by atoms with E-state index in [9.17, 15) is 4.79 Å². The van der Waals surface area contributed by atoms with Gasteiger partial charge in [0.2, 0.25) is 0 Å². The second kappa shape index (κ2) is 10.6. The number of hydrazone groups is 1. The molecule has 1 aliphatic heterocycles. The Morgan fingerprint density at radius 1 is 1.14 bits per heavy atom. The average Bonchev–Trinajstić information content (AvgIpc) is 2.78. The van der Waals surface area contributed by atoms with Crippen LogP contribution in [0.3, 0.4) is 0 Å². The van der Waals surface area contributed by atoms with Crippen LogP contribution in [0.1, 0.15) is 18.5 Å². The summed E-state index contributed by atoms with van der Waals surface area (Å²) < 4.78 is 10.6.